The van der Waals surface area contributed by atoms with E-state index >= 15 is 0 Å². The molecule has 0 spiro atoms. The summed E-state index contributed by atoms with van der Waals surface area (Å²) < 4.78 is 16.4. The molecule has 0 radical (unpaired) electrons. The average Bonchev–Trinajstić information content (AvgIpc) is 2.83. The predicted molar refractivity (Wildman–Crippen MR) is 130 cm³/mol. The van der Waals surface area contributed by atoms with Gasteiger partial charge in [0, 0.05) is 30.2 Å². The van der Waals surface area contributed by atoms with Gasteiger partial charge in [-0.15, -0.1) is 0 Å². The lowest BCUT2D eigenvalue weighted by Gasteiger charge is -2.33. The number of aliphatic hydroxyl groups is 2. The number of nitrogens with zero attached hydrogens (tertiary/aromatic N) is 1. The van der Waals surface area contributed by atoms with Gasteiger partial charge < -0.3 is 34.6 Å². The fraction of sp³-hybridized carbons (Fsp3) is 0.500. The van der Waals surface area contributed by atoms with Crippen molar-refractivity contribution in [1.29, 1.82) is 0 Å². The highest BCUT2D eigenvalue weighted by Crippen LogP contribution is 2.27. The second-order valence-corrected chi connectivity index (χ2v) is 9.01. The highest BCUT2D eigenvalue weighted by molar-refractivity contribution is 6.34. The van der Waals surface area contributed by atoms with Crippen molar-refractivity contribution in [1.82, 2.24) is 10.2 Å². The molecule has 0 unspecified atom stereocenters. The Morgan fingerprint density at radius 2 is 1.64 bits per heavy atom. The summed E-state index contributed by atoms with van der Waals surface area (Å²) in [5.41, 5.74) is 0. The molecule has 2 atom stereocenters. The second-order valence-electron chi connectivity index (χ2n) is 8.16. The van der Waals surface area contributed by atoms with E-state index in [0.717, 1.165) is 31.7 Å². The molecule has 1 heterocycles. The number of halogens is 2. The first-order valence-corrected chi connectivity index (χ1v) is 11.8. The van der Waals surface area contributed by atoms with Gasteiger partial charge in [0.05, 0.1) is 12.1 Å². The van der Waals surface area contributed by atoms with Gasteiger partial charge in [-0.2, -0.15) is 0 Å². The molecule has 2 aromatic rings. The number of piperidine rings is 1. The van der Waals surface area contributed by atoms with Crippen molar-refractivity contribution in [2.75, 3.05) is 46.5 Å². The molecule has 3 rings (SSSR count). The number of rotatable bonds is 12. The van der Waals surface area contributed by atoms with Crippen LogP contribution in [0.15, 0.2) is 42.5 Å². The predicted octanol–water partition coefficient (Wildman–Crippen LogP) is 3.24. The molecule has 1 aliphatic heterocycles. The van der Waals surface area contributed by atoms with E-state index in [-0.39, 0.29) is 13.2 Å². The van der Waals surface area contributed by atoms with Crippen molar-refractivity contribution in [2.24, 2.45) is 0 Å². The maximum Gasteiger partial charge on any atom is 0.139 e. The first-order valence-electron chi connectivity index (χ1n) is 11.1. The molecule has 2 aromatic carbocycles. The first kappa shape index (κ1) is 25.9. The number of β-amino-alcohol motifs (C(OH)–C–C–N with tert-alkyl or cyclic N) is 1. The van der Waals surface area contributed by atoms with Crippen LogP contribution in [0.2, 0.25) is 10.0 Å². The first-order chi connectivity index (χ1) is 15.9. The Balaban J connectivity index is 1.28. The Morgan fingerprint density at radius 1 is 0.970 bits per heavy atom. The zero-order chi connectivity index (χ0) is 23.6. The number of benzene rings is 2. The molecule has 182 valence electrons. The minimum Gasteiger partial charge on any atom is -0.497 e. The van der Waals surface area contributed by atoms with Gasteiger partial charge in [-0.25, -0.2) is 0 Å². The fourth-order valence-corrected chi connectivity index (χ4v) is 4.00. The number of ether oxygens (including phenoxy) is 3. The van der Waals surface area contributed by atoms with Crippen LogP contribution in [0, 0.1) is 0 Å². The van der Waals surface area contributed by atoms with Crippen LogP contribution in [-0.2, 0) is 0 Å². The molecule has 0 aliphatic carbocycles. The van der Waals surface area contributed by atoms with Crippen LogP contribution >= 0.6 is 23.2 Å². The lowest BCUT2D eigenvalue weighted by Crippen LogP contribution is -2.47. The highest BCUT2D eigenvalue weighted by Gasteiger charge is 2.22. The number of methoxy groups -OCH3 is 1. The molecule has 1 saturated heterocycles. The van der Waals surface area contributed by atoms with Crippen molar-refractivity contribution in [3.63, 3.8) is 0 Å². The molecule has 0 saturated carbocycles. The van der Waals surface area contributed by atoms with Crippen LogP contribution < -0.4 is 19.5 Å². The minimum absolute atomic E-state index is 0.151. The zero-order valence-electron chi connectivity index (χ0n) is 18.8. The summed E-state index contributed by atoms with van der Waals surface area (Å²) in [6.45, 7) is 3.11. The lowest BCUT2D eigenvalue weighted by atomic mass is 10.0. The van der Waals surface area contributed by atoms with Gasteiger partial charge in [0.25, 0.3) is 0 Å². The fourth-order valence-electron chi connectivity index (χ4n) is 3.67. The summed E-state index contributed by atoms with van der Waals surface area (Å²) in [5, 5.41) is 25.0. The van der Waals surface area contributed by atoms with Gasteiger partial charge in [0.15, 0.2) is 0 Å². The van der Waals surface area contributed by atoms with Gasteiger partial charge >= 0.3 is 0 Å². The summed E-state index contributed by atoms with van der Waals surface area (Å²) in [6.07, 6.45) is 0.670. The largest absolute Gasteiger partial charge is 0.497 e. The summed E-state index contributed by atoms with van der Waals surface area (Å²) >= 11 is 12.0. The number of hydrogen-bond donors (Lipinski definition) is 3. The quantitative estimate of drug-likeness (QED) is 0.414. The van der Waals surface area contributed by atoms with Crippen molar-refractivity contribution in [3.05, 3.63) is 52.5 Å². The molecule has 0 aromatic heterocycles. The standard InChI is InChI=1S/C24H32Cl2N2O5/c1-31-21-3-5-22(6-4-21)32-15-19(29)13-27-18-8-10-28(11-9-18)14-20(30)16-33-24-12-17(25)2-7-23(24)26/h2-7,12,18-20,27,29-30H,8-11,13-16H2,1H3/t19-,20+/m1/s1. The normalized spacial score (nSPS) is 16.9. The van der Waals surface area contributed by atoms with E-state index in [1.165, 1.54) is 0 Å². The van der Waals surface area contributed by atoms with Crippen molar-refractivity contribution in [3.8, 4) is 17.2 Å². The van der Waals surface area contributed by atoms with E-state index in [1.54, 1.807) is 25.3 Å². The number of hydrogen-bond acceptors (Lipinski definition) is 7. The molecule has 9 heteroatoms. The molecule has 33 heavy (non-hydrogen) atoms. The smallest absolute Gasteiger partial charge is 0.139 e. The molecule has 0 amide bonds. The Hall–Kier alpha value is -1.74. The van der Waals surface area contributed by atoms with E-state index in [0.29, 0.717) is 40.7 Å². The number of aliphatic hydroxyl groups excluding tert-OH is 2. The zero-order valence-corrected chi connectivity index (χ0v) is 20.3. The van der Waals surface area contributed by atoms with Crippen LogP contribution in [0.4, 0.5) is 0 Å². The van der Waals surface area contributed by atoms with Crippen LogP contribution in [0.5, 0.6) is 17.2 Å². The summed E-state index contributed by atoms with van der Waals surface area (Å²) in [7, 11) is 1.62. The third kappa shape index (κ3) is 8.85. The average molecular weight is 499 g/mol. The summed E-state index contributed by atoms with van der Waals surface area (Å²) in [5.74, 6) is 1.94. The number of nitrogens with one attached hydrogen (secondary N) is 1. The Morgan fingerprint density at radius 3 is 2.33 bits per heavy atom. The van der Waals surface area contributed by atoms with Gasteiger partial charge in [-0.05, 0) is 62.3 Å². The third-order valence-electron chi connectivity index (χ3n) is 5.52. The van der Waals surface area contributed by atoms with Crippen molar-refractivity contribution in [2.45, 2.75) is 31.1 Å². The topological polar surface area (TPSA) is 83.4 Å². The van der Waals surface area contributed by atoms with E-state index in [9.17, 15) is 10.2 Å². The van der Waals surface area contributed by atoms with E-state index in [1.807, 2.05) is 24.3 Å². The highest BCUT2D eigenvalue weighted by atomic mass is 35.5. The van der Waals surface area contributed by atoms with E-state index < -0.39 is 12.2 Å². The van der Waals surface area contributed by atoms with Crippen LogP contribution in [0.25, 0.3) is 0 Å². The third-order valence-corrected chi connectivity index (χ3v) is 6.07. The molecule has 7 nitrogen and oxygen atoms in total. The minimum atomic E-state index is -0.624. The summed E-state index contributed by atoms with van der Waals surface area (Å²) in [4.78, 5) is 2.22. The molecule has 1 aliphatic rings. The molecule has 1 fully saturated rings. The van der Waals surface area contributed by atoms with Crippen LogP contribution in [0.1, 0.15) is 12.8 Å². The van der Waals surface area contributed by atoms with Crippen LogP contribution in [-0.4, -0.2) is 79.9 Å². The Bertz CT molecular complexity index is 847. The van der Waals surface area contributed by atoms with Gasteiger partial charge in [0.1, 0.15) is 42.7 Å². The van der Waals surface area contributed by atoms with Crippen molar-refractivity contribution < 1.29 is 24.4 Å². The van der Waals surface area contributed by atoms with E-state index in [2.05, 4.69) is 10.2 Å². The van der Waals surface area contributed by atoms with Gasteiger partial charge in [-0.3, -0.25) is 0 Å². The Kier molecular flexibility index (Phi) is 10.4. The lowest BCUT2D eigenvalue weighted by molar-refractivity contribution is 0.0556. The van der Waals surface area contributed by atoms with E-state index in [4.69, 9.17) is 37.4 Å². The monoisotopic (exact) mass is 498 g/mol. The molecular formula is C24H32Cl2N2O5. The van der Waals surface area contributed by atoms with Crippen molar-refractivity contribution >= 4 is 23.2 Å². The Labute approximate surface area is 205 Å². The summed E-state index contributed by atoms with van der Waals surface area (Å²) in [6, 6.07) is 12.6. The van der Waals surface area contributed by atoms with Gasteiger partial charge in [0.2, 0.25) is 0 Å². The maximum absolute atomic E-state index is 10.3. The second kappa shape index (κ2) is 13.2. The van der Waals surface area contributed by atoms with Gasteiger partial charge in [-0.1, -0.05) is 23.2 Å². The van der Waals surface area contributed by atoms with Crippen LogP contribution in [0.3, 0.4) is 0 Å². The molecule has 0 bridgehead atoms. The molecular weight excluding hydrogens is 467 g/mol. The molecule has 3 N–H and O–H groups in total. The number of likely N-dealkylation sites (tertiary alicyclic amines) is 1. The SMILES string of the molecule is COc1ccc(OC[C@H](O)CNC2CCN(C[C@H](O)COc3cc(Cl)ccc3Cl)CC2)cc1. The maximum atomic E-state index is 10.3.